The maximum Gasteiger partial charge on any atom is 0.172 e. The predicted octanol–water partition coefficient (Wildman–Crippen LogP) is 3.19. The minimum absolute atomic E-state index is 0.468. The molecule has 5 heteroatoms. The van der Waals surface area contributed by atoms with Crippen LogP contribution in [-0.2, 0) is 4.89 Å². The van der Waals surface area contributed by atoms with Crippen molar-refractivity contribution in [3.63, 3.8) is 0 Å². The molecule has 98 valence electrons. The van der Waals surface area contributed by atoms with Gasteiger partial charge in [0.1, 0.15) is 0 Å². The highest BCUT2D eigenvalue weighted by molar-refractivity contribution is 6.30. The molecule has 0 atom stereocenters. The van der Waals surface area contributed by atoms with E-state index in [1.165, 1.54) is 7.11 Å². The zero-order chi connectivity index (χ0) is 13.7. The van der Waals surface area contributed by atoms with Crippen LogP contribution in [0.15, 0.2) is 42.7 Å². The average Bonchev–Trinajstić information content (AvgIpc) is 2.41. The standard InChI is InChI=1S/C14H13ClN2O2/c1-18-19-14-3-2-12(15)10-11(14)4-7-17-8-5-13(16)6-9-17/h2-10,16H,1H3/b7-4+. The summed E-state index contributed by atoms with van der Waals surface area (Å²) in [5, 5.41) is 8.50. The Bertz CT molecular complexity index is 630. The van der Waals surface area contributed by atoms with Crippen LogP contribution in [0.3, 0.4) is 0 Å². The average molecular weight is 277 g/mol. The van der Waals surface area contributed by atoms with E-state index in [4.69, 9.17) is 21.9 Å². The zero-order valence-corrected chi connectivity index (χ0v) is 11.1. The first kappa shape index (κ1) is 13.4. The number of nitrogens with zero attached hydrogens (tertiary/aromatic N) is 1. The summed E-state index contributed by atoms with van der Waals surface area (Å²) < 4.78 is 1.83. The molecule has 0 aliphatic rings. The number of nitrogens with one attached hydrogen (secondary N) is 1. The fourth-order valence-corrected chi connectivity index (χ4v) is 1.70. The number of halogens is 1. The van der Waals surface area contributed by atoms with Gasteiger partial charge in [-0.05, 0) is 36.4 Å². The minimum atomic E-state index is 0.468. The molecule has 1 N–H and O–H groups in total. The van der Waals surface area contributed by atoms with Crippen molar-refractivity contribution < 1.29 is 9.78 Å². The van der Waals surface area contributed by atoms with Crippen molar-refractivity contribution >= 4 is 23.9 Å². The van der Waals surface area contributed by atoms with E-state index >= 15 is 0 Å². The van der Waals surface area contributed by atoms with Gasteiger partial charge in [-0.3, -0.25) is 0 Å². The van der Waals surface area contributed by atoms with Crippen LogP contribution in [0.4, 0.5) is 0 Å². The van der Waals surface area contributed by atoms with Gasteiger partial charge in [0, 0.05) is 29.2 Å². The van der Waals surface area contributed by atoms with Crippen LogP contribution in [0.25, 0.3) is 12.3 Å². The molecule has 1 aromatic heterocycles. The van der Waals surface area contributed by atoms with Gasteiger partial charge in [-0.2, -0.15) is 4.89 Å². The first-order valence-electron chi connectivity index (χ1n) is 5.60. The second kappa shape index (κ2) is 6.22. The molecular weight excluding hydrogens is 264 g/mol. The lowest BCUT2D eigenvalue weighted by Gasteiger charge is -2.05. The predicted molar refractivity (Wildman–Crippen MR) is 74.6 cm³/mol. The zero-order valence-electron chi connectivity index (χ0n) is 10.3. The molecule has 2 aromatic rings. The Morgan fingerprint density at radius 3 is 2.63 bits per heavy atom. The monoisotopic (exact) mass is 276 g/mol. The van der Waals surface area contributed by atoms with Crippen molar-refractivity contribution in [2.75, 3.05) is 7.11 Å². The van der Waals surface area contributed by atoms with Crippen molar-refractivity contribution in [2.45, 2.75) is 0 Å². The summed E-state index contributed by atoms with van der Waals surface area (Å²) >= 11 is 5.96. The van der Waals surface area contributed by atoms with E-state index in [0.29, 0.717) is 16.1 Å². The first-order chi connectivity index (χ1) is 9.19. The molecule has 0 aliphatic heterocycles. The lowest BCUT2D eigenvalue weighted by atomic mass is 10.2. The van der Waals surface area contributed by atoms with Crippen molar-refractivity contribution in [3.05, 3.63) is 58.7 Å². The molecule has 2 rings (SSSR count). The molecule has 0 amide bonds. The Kier molecular flexibility index (Phi) is 4.39. The van der Waals surface area contributed by atoms with Gasteiger partial charge < -0.3 is 14.9 Å². The fourth-order valence-electron chi connectivity index (χ4n) is 1.52. The van der Waals surface area contributed by atoms with E-state index in [1.807, 2.05) is 16.8 Å². The van der Waals surface area contributed by atoms with Crippen LogP contribution in [0.2, 0.25) is 5.02 Å². The number of hydrogen-bond acceptors (Lipinski definition) is 3. The van der Waals surface area contributed by atoms with Crippen molar-refractivity contribution in [1.29, 1.82) is 5.41 Å². The number of pyridine rings is 1. The van der Waals surface area contributed by atoms with Crippen molar-refractivity contribution in [2.24, 2.45) is 0 Å². The van der Waals surface area contributed by atoms with Gasteiger partial charge in [-0.15, -0.1) is 0 Å². The molecule has 0 bridgehead atoms. The summed E-state index contributed by atoms with van der Waals surface area (Å²) in [6.45, 7) is 0. The summed E-state index contributed by atoms with van der Waals surface area (Å²) in [5.74, 6) is 0.584. The van der Waals surface area contributed by atoms with Crippen LogP contribution >= 0.6 is 11.6 Å². The molecule has 0 saturated heterocycles. The Morgan fingerprint density at radius 1 is 1.21 bits per heavy atom. The molecule has 1 aromatic carbocycles. The highest BCUT2D eigenvalue weighted by Crippen LogP contribution is 2.24. The Labute approximate surface area is 115 Å². The molecule has 19 heavy (non-hydrogen) atoms. The number of hydrogen-bond donors (Lipinski definition) is 1. The number of benzene rings is 1. The minimum Gasteiger partial charge on any atom is -0.337 e. The molecular formula is C14H13ClN2O2. The molecule has 0 saturated carbocycles. The van der Waals surface area contributed by atoms with Crippen LogP contribution in [-0.4, -0.2) is 11.7 Å². The van der Waals surface area contributed by atoms with Crippen molar-refractivity contribution in [3.8, 4) is 5.75 Å². The van der Waals surface area contributed by atoms with E-state index in [2.05, 4.69) is 4.89 Å². The smallest absolute Gasteiger partial charge is 0.172 e. The molecule has 1 heterocycles. The summed E-state index contributed by atoms with van der Waals surface area (Å²) in [4.78, 5) is 9.72. The molecule has 0 fully saturated rings. The largest absolute Gasteiger partial charge is 0.337 e. The summed E-state index contributed by atoms with van der Waals surface area (Å²) in [6.07, 6.45) is 7.28. The van der Waals surface area contributed by atoms with Crippen LogP contribution in [0.1, 0.15) is 5.56 Å². The summed E-state index contributed by atoms with van der Waals surface area (Å²) in [6, 6.07) is 8.66. The third kappa shape index (κ3) is 3.71. The van der Waals surface area contributed by atoms with E-state index in [1.54, 1.807) is 42.7 Å². The van der Waals surface area contributed by atoms with Gasteiger partial charge in [0.25, 0.3) is 0 Å². The SMILES string of the molecule is COOc1ccc(Cl)cc1/C=C/n1ccc(=N)cc1. The summed E-state index contributed by atoms with van der Waals surface area (Å²) in [5.41, 5.74) is 0.803. The molecule has 0 spiro atoms. The van der Waals surface area contributed by atoms with Gasteiger partial charge in [0.05, 0.1) is 12.5 Å². The third-order valence-electron chi connectivity index (χ3n) is 2.42. The second-order valence-electron chi connectivity index (χ2n) is 3.78. The molecule has 0 aliphatic carbocycles. The van der Waals surface area contributed by atoms with Crippen molar-refractivity contribution in [1.82, 2.24) is 4.57 Å². The van der Waals surface area contributed by atoms with E-state index < -0.39 is 0 Å². The number of rotatable bonds is 4. The van der Waals surface area contributed by atoms with E-state index in [0.717, 1.165) is 5.56 Å². The highest BCUT2D eigenvalue weighted by atomic mass is 35.5. The quantitative estimate of drug-likeness (QED) is 0.689. The maximum absolute atomic E-state index is 7.41. The number of aromatic nitrogens is 1. The first-order valence-corrected chi connectivity index (χ1v) is 5.97. The van der Waals surface area contributed by atoms with E-state index in [-0.39, 0.29) is 0 Å². The lowest BCUT2D eigenvalue weighted by Crippen LogP contribution is -1.98. The van der Waals surface area contributed by atoms with Crippen LogP contribution in [0.5, 0.6) is 5.75 Å². The van der Waals surface area contributed by atoms with Crippen LogP contribution < -0.4 is 10.2 Å². The van der Waals surface area contributed by atoms with Gasteiger partial charge >= 0.3 is 0 Å². The Balaban J connectivity index is 2.28. The van der Waals surface area contributed by atoms with E-state index in [9.17, 15) is 0 Å². The second-order valence-corrected chi connectivity index (χ2v) is 4.22. The fraction of sp³-hybridized carbons (Fsp3) is 0.0714. The molecule has 0 unspecified atom stereocenters. The Hall–Kier alpha value is -2.04. The van der Waals surface area contributed by atoms with Gasteiger partial charge in [-0.1, -0.05) is 11.6 Å². The van der Waals surface area contributed by atoms with Crippen LogP contribution in [0, 0.1) is 5.41 Å². The normalized spacial score (nSPS) is 10.8. The Morgan fingerprint density at radius 2 is 1.95 bits per heavy atom. The van der Waals surface area contributed by atoms with Gasteiger partial charge in [0.15, 0.2) is 5.75 Å². The van der Waals surface area contributed by atoms with Gasteiger partial charge in [0.2, 0.25) is 0 Å². The molecule has 4 nitrogen and oxygen atoms in total. The lowest BCUT2D eigenvalue weighted by molar-refractivity contribution is -0.178. The summed E-state index contributed by atoms with van der Waals surface area (Å²) in [7, 11) is 1.45. The molecule has 0 radical (unpaired) electrons. The third-order valence-corrected chi connectivity index (χ3v) is 2.66. The highest BCUT2D eigenvalue weighted by Gasteiger charge is 2.02. The van der Waals surface area contributed by atoms with Gasteiger partial charge in [-0.25, -0.2) is 0 Å². The maximum atomic E-state index is 7.41. The topological polar surface area (TPSA) is 47.2 Å².